The quantitative estimate of drug-likeness (QED) is 0.188. The first kappa shape index (κ1) is 30.4. The summed E-state index contributed by atoms with van der Waals surface area (Å²) in [6.07, 6.45) is 2.39. The van der Waals surface area contributed by atoms with Crippen LogP contribution in [0.5, 0.6) is 17.2 Å². The number of aromatic hydroxyl groups is 2. The van der Waals surface area contributed by atoms with Gasteiger partial charge in [0.05, 0.1) is 28.9 Å². The maximum atomic E-state index is 14.0. The molecule has 9 nitrogen and oxygen atoms in total. The molecule has 2 N–H and O–H groups in total. The van der Waals surface area contributed by atoms with Gasteiger partial charge in [0.15, 0.2) is 21.2 Å². The molecular formula is C30H26Br2Cl2N2O7. The van der Waals surface area contributed by atoms with Crippen molar-refractivity contribution < 1.29 is 34.1 Å². The molecule has 0 bridgehead atoms. The molecule has 2 aliphatic heterocycles. The van der Waals surface area contributed by atoms with Gasteiger partial charge < -0.3 is 14.9 Å². The second-order valence-electron chi connectivity index (χ2n) is 11.3. The minimum absolute atomic E-state index is 0.114. The molecular weight excluding hydrogens is 731 g/mol. The number of benzene rings is 2. The number of hydrogen-bond donors (Lipinski definition) is 2. The maximum absolute atomic E-state index is 14.0. The third-order valence-electron chi connectivity index (χ3n) is 9.27. The lowest BCUT2D eigenvalue weighted by molar-refractivity contribution is -0.141. The van der Waals surface area contributed by atoms with E-state index >= 15 is 0 Å². The molecule has 43 heavy (non-hydrogen) atoms. The third-order valence-corrected chi connectivity index (χ3v) is 11.8. The van der Waals surface area contributed by atoms with Crippen molar-refractivity contribution in [2.45, 2.75) is 34.9 Å². The van der Waals surface area contributed by atoms with Gasteiger partial charge in [-0.1, -0.05) is 39.7 Å². The van der Waals surface area contributed by atoms with Crippen LogP contribution >= 0.6 is 55.1 Å². The number of phenolic OH excluding ortho intramolecular Hbond substituents is 2. The first-order valence-electron chi connectivity index (χ1n) is 13.6. The fourth-order valence-corrected chi connectivity index (χ4v) is 9.12. The highest BCUT2D eigenvalue weighted by atomic mass is 79.9. The molecule has 226 valence electrons. The van der Waals surface area contributed by atoms with E-state index in [0.29, 0.717) is 17.6 Å². The highest BCUT2D eigenvalue weighted by Gasteiger charge is 2.76. The van der Waals surface area contributed by atoms with Crippen LogP contribution in [0, 0.1) is 17.8 Å². The maximum Gasteiger partial charge on any atom is 0.254 e. The van der Waals surface area contributed by atoms with Crippen molar-refractivity contribution in [1.29, 1.82) is 0 Å². The number of fused-ring (bicyclic) bond motifs is 4. The molecule has 1 saturated carbocycles. The Morgan fingerprint density at radius 1 is 1.00 bits per heavy atom. The molecule has 2 aromatic rings. The van der Waals surface area contributed by atoms with Crippen LogP contribution < -0.4 is 4.74 Å². The number of carbonyl (C=O) groups is 4. The van der Waals surface area contributed by atoms with Crippen molar-refractivity contribution in [2.24, 2.45) is 17.8 Å². The normalized spacial score (nSPS) is 31.6. The van der Waals surface area contributed by atoms with Crippen molar-refractivity contribution in [3.8, 4) is 17.2 Å². The van der Waals surface area contributed by atoms with Crippen LogP contribution in [-0.2, 0) is 25.6 Å². The Bertz CT molecular complexity index is 1600. The number of carbonyl (C=O) groups excluding carboxylic acids is 4. The molecule has 2 saturated heterocycles. The fourth-order valence-electron chi connectivity index (χ4n) is 7.23. The Kier molecular flexibility index (Phi) is 7.63. The number of phenols is 2. The van der Waals surface area contributed by atoms with Crippen molar-refractivity contribution in [1.82, 2.24) is 9.80 Å². The largest absolute Gasteiger partial charge is 0.508 e. The van der Waals surface area contributed by atoms with Crippen LogP contribution in [0.1, 0.15) is 29.9 Å². The summed E-state index contributed by atoms with van der Waals surface area (Å²) in [4.78, 5) is 53.6. The second-order valence-corrected chi connectivity index (χ2v) is 13.9. The molecule has 6 rings (SSSR count). The van der Waals surface area contributed by atoms with E-state index in [4.69, 9.17) is 27.9 Å². The number of hydrogen-bond acceptors (Lipinski definition) is 7. The topological polar surface area (TPSA) is 124 Å². The molecule has 13 heteroatoms. The lowest BCUT2D eigenvalue weighted by Gasteiger charge is -2.50. The van der Waals surface area contributed by atoms with Crippen molar-refractivity contribution in [2.75, 3.05) is 19.1 Å². The van der Waals surface area contributed by atoms with Crippen LogP contribution in [0.3, 0.4) is 0 Å². The Morgan fingerprint density at radius 3 is 2.35 bits per heavy atom. The summed E-state index contributed by atoms with van der Waals surface area (Å²) in [5.74, 6) is -5.01. The van der Waals surface area contributed by atoms with E-state index < -0.39 is 45.2 Å². The van der Waals surface area contributed by atoms with Crippen molar-refractivity contribution in [3.63, 3.8) is 0 Å². The number of nitrogens with zero attached hydrogens (tertiary/aromatic N) is 2. The van der Waals surface area contributed by atoms with Gasteiger partial charge in [-0.2, -0.15) is 0 Å². The number of halogens is 4. The number of alkyl halides is 3. The summed E-state index contributed by atoms with van der Waals surface area (Å²) in [6.45, 7) is 0.156. The Balaban J connectivity index is 1.44. The fraction of sp³-hybridized carbons (Fsp3) is 0.400. The highest BCUT2D eigenvalue weighted by molar-refractivity contribution is 9.10. The molecule has 0 spiro atoms. The van der Waals surface area contributed by atoms with E-state index in [1.165, 1.54) is 12.0 Å². The van der Waals surface area contributed by atoms with E-state index in [-0.39, 0.29) is 58.4 Å². The van der Waals surface area contributed by atoms with Crippen LogP contribution in [0.15, 0.2) is 52.5 Å². The van der Waals surface area contributed by atoms with Gasteiger partial charge in [0.1, 0.15) is 5.75 Å². The molecule has 3 fully saturated rings. The molecule has 0 aromatic heterocycles. The Morgan fingerprint density at radius 2 is 1.70 bits per heavy atom. The number of amides is 4. The van der Waals surface area contributed by atoms with Crippen LogP contribution in [0.25, 0.3) is 0 Å². The number of likely N-dealkylation sites (tertiary alicyclic amines) is 2. The monoisotopic (exact) mass is 754 g/mol. The van der Waals surface area contributed by atoms with Gasteiger partial charge in [-0.15, -0.1) is 23.2 Å². The average molecular weight is 757 g/mol. The summed E-state index contributed by atoms with van der Waals surface area (Å²) in [7, 11) is 1.38. The molecule has 2 aromatic carbocycles. The first-order chi connectivity index (χ1) is 20.4. The third kappa shape index (κ3) is 4.29. The second kappa shape index (κ2) is 10.8. The summed E-state index contributed by atoms with van der Waals surface area (Å²) >= 11 is 21.1. The zero-order valence-electron chi connectivity index (χ0n) is 22.7. The summed E-state index contributed by atoms with van der Waals surface area (Å²) in [5.41, 5.74) is 1.83. The highest BCUT2D eigenvalue weighted by Crippen LogP contribution is 2.66. The number of rotatable bonds is 6. The van der Waals surface area contributed by atoms with Gasteiger partial charge in [0.25, 0.3) is 11.8 Å². The van der Waals surface area contributed by atoms with Gasteiger partial charge in [0, 0.05) is 12.5 Å². The van der Waals surface area contributed by atoms with Crippen LogP contribution in [0.2, 0.25) is 0 Å². The van der Waals surface area contributed by atoms with E-state index in [2.05, 4.69) is 31.9 Å². The number of ether oxygens (including phenoxy) is 1. The molecule has 6 atom stereocenters. The predicted octanol–water partition coefficient (Wildman–Crippen LogP) is 4.82. The van der Waals surface area contributed by atoms with E-state index in [1.54, 1.807) is 36.4 Å². The SMILES string of the molecule is COc1cc(C2C3=CCC4C(=O)N(CCc5ccc(O)cc5)C(=O)C4C3CC3(Cl)C(=O)N(CBr)C(=O)C23Cl)cc(Br)c1O. The van der Waals surface area contributed by atoms with E-state index in [1.807, 2.05) is 6.08 Å². The molecule has 2 heterocycles. The molecule has 6 unspecified atom stereocenters. The van der Waals surface area contributed by atoms with Gasteiger partial charge in [-0.05, 0) is 76.5 Å². The molecule has 2 aliphatic carbocycles. The average Bonchev–Trinajstić information content (AvgIpc) is 3.31. The van der Waals surface area contributed by atoms with Gasteiger partial charge in [-0.25, -0.2) is 0 Å². The molecule has 4 amide bonds. The predicted molar refractivity (Wildman–Crippen MR) is 164 cm³/mol. The number of allylic oxidation sites excluding steroid dienone is 2. The van der Waals surface area contributed by atoms with Gasteiger partial charge >= 0.3 is 0 Å². The van der Waals surface area contributed by atoms with Crippen molar-refractivity contribution in [3.05, 3.63) is 63.6 Å². The van der Waals surface area contributed by atoms with Crippen LogP contribution in [0.4, 0.5) is 0 Å². The standard InChI is InChI=1S/C30H26Br2Cl2N2O7/c1-43-21-11-15(10-20(32)24(21)38)23-17-6-7-18-22(19(17)12-29(33)27(41)36(13-31)28(42)30(23,29)34)26(40)35(25(18)39)9-8-14-2-4-16(37)5-3-14/h2-6,10-11,18-19,22-23,37-38H,7-9,12-13H2,1H3. The minimum atomic E-state index is -1.96. The van der Waals surface area contributed by atoms with E-state index in [9.17, 15) is 29.4 Å². The van der Waals surface area contributed by atoms with Gasteiger partial charge in [-0.3, -0.25) is 29.0 Å². The zero-order chi connectivity index (χ0) is 31.0. The van der Waals surface area contributed by atoms with Gasteiger partial charge in [0.2, 0.25) is 11.8 Å². The van der Waals surface area contributed by atoms with E-state index in [0.717, 1.165) is 10.5 Å². The zero-order valence-corrected chi connectivity index (χ0v) is 27.4. The Labute approximate surface area is 274 Å². The Hall–Kier alpha value is -2.60. The van der Waals surface area contributed by atoms with Crippen LogP contribution in [-0.4, -0.2) is 72.5 Å². The lowest BCUT2D eigenvalue weighted by Crippen LogP contribution is -2.60. The number of methoxy groups -OCH3 is 1. The smallest absolute Gasteiger partial charge is 0.254 e. The summed E-state index contributed by atoms with van der Waals surface area (Å²) in [6, 6.07) is 9.70. The first-order valence-corrected chi connectivity index (χ1v) is 16.3. The number of imide groups is 2. The lowest BCUT2D eigenvalue weighted by atomic mass is 9.56. The minimum Gasteiger partial charge on any atom is -0.508 e. The molecule has 4 aliphatic rings. The summed E-state index contributed by atoms with van der Waals surface area (Å²) < 4.78 is 5.65. The van der Waals surface area contributed by atoms with Crippen molar-refractivity contribution >= 4 is 78.7 Å². The molecule has 0 radical (unpaired) electrons. The summed E-state index contributed by atoms with van der Waals surface area (Å²) in [5, 5.41) is 20.1.